The van der Waals surface area contributed by atoms with Crippen LogP contribution in [0.25, 0.3) is 0 Å². The summed E-state index contributed by atoms with van der Waals surface area (Å²) in [5.74, 6) is -0.111. The normalized spacial score (nSPS) is 16.8. The number of nitrogen functional groups attached to an aromatic ring is 1. The molecule has 1 fully saturated rings. The van der Waals surface area contributed by atoms with Gasteiger partial charge in [-0.1, -0.05) is 13.8 Å². The van der Waals surface area contributed by atoms with Gasteiger partial charge < -0.3 is 15.8 Å². The van der Waals surface area contributed by atoms with Crippen LogP contribution in [-0.4, -0.2) is 12.1 Å². The lowest BCUT2D eigenvalue weighted by atomic mass is 9.74. The number of benzene rings is 1. The number of nitrogens with one attached hydrogen (secondary N) is 1. The summed E-state index contributed by atoms with van der Waals surface area (Å²) in [5.41, 5.74) is 7.27. The van der Waals surface area contributed by atoms with Crippen molar-refractivity contribution in [2.45, 2.75) is 51.5 Å². The van der Waals surface area contributed by atoms with Gasteiger partial charge in [-0.25, -0.2) is 4.39 Å². The van der Waals surface area contributed by atoms with Crippen molar-refractivity contribution >= 4 is 11.4 Å². The van der Waals surface area contributed by atoms with E-state index in [9.17, 15) is 4.39 Å². The van der Waals surface area contributed by atoms with E-state index in [1.165, 1.54) is 12.5 Å². The van der Waals surface area contributed by atoms with E-state index in [0.717, 1.165) is 31.4 Å². The highest BCUT2D eigenvalue weighted by atomic mass is 19.1. The van der Waals surface area contributed by atoms with Crippen LogP contribution in [0.3, 0.4) is 0 Å². The van der Waals surface area contributed by atoms with E-state index in [2.05, 4.69) is 12.2 Å². The van der Waals surface area contributed by atoms with Crippen molar-refractivity contribution in [3.05, 3.63) is 17.9 Å². The Balaban J connectivity index is 2.19. The molecule has 19 heavy (non-hydrogen) atoms. The average molecular weight is 266 g/mol. The van der Waals surface area contributed by atoms with Crippen LogP contribution in [0.15, 0.2) is 12.1 Å². The van der Waals surface area contributed by atoms with Gasteiger partial charge in [0, 0.05) is 17.7 Å². The molecule has 0 saturated heterocycles. The molecule has 1 aromatic carbocycles. The van der Waals surface area contributed by atoms with Crippen molar-refractivity contribution in [2.75, 3.05) is 17.7 Å². The predicted molar refractivity (Wildman–Crippen MR) is 77.1 cm³/mol. The van der Waals surface area contributed by atoms with Crippen molar-refractivity contribution in [1.29, 1.82) is 0 Å². The summed E-state index contributed by atoms with van der Waals surface area (Å²) in [6, 6.07) is 3.03. The molecular weight excluding hydrogens is 243 g/mol. The Morgan fingerprint density at radius 1 is 1.37 bits per heavy atom. The van der Waals surface area contributed by atoms with Crippen molar-refractivity contribution in [3.63, 3.8) is 0 Å². The highest BCUT2D eigenvalue weighted by Gasteiger charge is 2.35. The zero-order chi connectivity index (χ0) is 13.9. The van der Waals surface area contributed by atoms with E-state index in [0.29, 0.717) is 12.3 Å². The number of ether oxygens (including phenoxy) is 1. The van der Waals surface area contributed by atoms with Crippen molar-refractivity contribution in [3.8, 4) is 5.75 Å². The minimum atomic E-state index is -0.393. The van der Waals surface area contributed by atoms with Crippen LogP contribution >= 0.6 is 0 Å². The van der Waals surface area contributed by atoms with Crippen LogP contribution in [-0.2, 0) is 0 Å². The number of anilines is 2. The van der Waals surface area contributed by atoms with Crippen LogP contribution in [0, 0.1) is 5.82 Å². The molecule has 0 unspecified atom stereocenters. The maximum absolute atomic E-state index is 13.7. The number of nitrogens with two attached hydrogens (primary N) is 1. The molecule has 0 spiro atoms. The zero-order valence-corrected chi connectivity index (χ0v) is 11.8. The van der Waals surface area contributed by atoms with Crippen molar-refractivity contribution in [1.82, 2.24) is 0 Å². The summed E-state index contributed by atoms with van der Waals surface area (Å²) >= 11 is 0. The van der Waals surface area contributed by atoms with Crippen LogP contribution in [0.1, 0.15) is 46.0 Å². The van der Waals surface area contributed by atoms with Gasteiger partial charge >= 0.3 is 0 Å². The van der Waals surface area contributed by atoms with Crippen LogP contribution in [0.2, 0.25) is 0 Å². The van der Waals surface area contributed by atoms with Gasteiger partial charge in [0.25, 0.3) is 0 Å². The number of hydrogen-bond donors (Lipinski definition) is 2. The number of rotatable bonds is 6. The first-order chi connectivity index (χ1) is 9.10. The fraction of sp³-hybridized carbons (Fsp3) is 0.600. The van der Waals surface area contributed by atoms with E-state index in [1.54, 1.807) is 6.07 Å². The topological polar surface area (TPSA) is 47.3 Å². The molecule has 1 saturated carbocycles. The second-order valence-corrected chi connectivity index (χ2v) is 5.33. The molecule has 0 atom stereocenters. The molecule has 1 aliphatic rings. The van der Waals surface area contributed by atoms with Crippen LogP contribution < -0.4 is 15.8 Å². The second-order valence-electron chi connectivity index (χ2n) is 5.33. The molecule has 106 valence electrons. The maximum Gasteiger partial charge on any atom is 0.167 e. The molecule has 1 aromatic rings. The summed E-state index contributed by atoms with van der Waals surface area (Å²) in [5, 5.41) is 3.48. The monoisotopic (exact) mass is 266 g/mol. The Morgan fingerprint density at radius 2 is 2.11 bits per heavy atom. The molecule has 0 aliphatic heterocycles. The van der Waals surface area contributed by atoms with Crippen molar-refractivity contribution < 1.29 is 9.13 Å². The van der Waals surface area contributed by atoms with Gasteiger partial charge in [0.05, 0.1) is 18.0 Å². The summed E-state index contributed by atoms with van der Waals surface area (Å²) in [4.78, 5) is 0. The third-order valence-corrected chi connectivity index (χ3v) is 3.95. The second kappa shape index (κ2) is 5.68. The van der Waals surface area contributed by atoms with Crippen LogP contribution in [0.4, 0.5) is 15.8 Å². The molecule has 0 aromatic heterocycles. The lowest BCUT2D eigenvalue weighted by Gasteiger charge is -2.43. The van der Waals surface area contributed by atoms with Gasteiger partial charge in [-0.05, 0) is 32.1 Å². The van der Waals surface area contributed by atoms with Gasteiger partial charge in [0.1, 0.15) is 0 Å². The quantitative estimate of drug-likeness (QED) is 0.767. The van der Waals surface area contributed by atoms with Gasteiger partial charge in [0.15, 0.2) is 11.6 Å². The van der Waals surface area contributed by atoms with E-state index >= 15 is 0 Å². The minimum absolute atomic E-state index is 0.133. The molecule has 1 aliphatic carbocycles. The molecule has 3 N–H and O–H groups in total. The third-order valence-electron chi connectivity index (χ3n) is 3.95. The minimum Gasteiger partial charge on any atom is -0.490 e. The molecule has 0 amide bonds. The predicted octanol–water partition coefficient (Wildman–Crippen LogP) is 3.94. The first-order valence-electron chi connectivity index (χ1n) is 7.10. The SMILES string of the molecule is CCCOc1cc(NC2(CC)CCC2)c(N)cc1F. The Kier molecular flexibility index (Phi) is 4.17. The van der Waals surface area contributed by atoms with Crippen molar-refractivity contribution in [2.24, 2.45) is 0 Å². The fourth-order valence-corrected chi connectivity index (χ4v) is 2.46. The number of halogens is 1. The summed E-state index contributed by atoms with van der Waals surface area (Å²) in [6.45, 7) is 4.67. The van der Waals surface area contributed by atoms with Gasteiger partial charge in [-0.15, -0.1) is 0 Å². The standard InChI is InChI=1S/C15H23FN2O/c1-3-8-19-14-10-13(12(17)9-11(14)16)18-15(4-2)6-5-7-15/h9-10,18H,3-8,17H2,1-2H3. The van der Waals surface area contributed by atoms with E-state index in [1.807, 2.05) is 6.92 Å². The maximum atomic E-state index is 13.7. The highest BCUT2D eigenvalue weighted by Crippen LogP contribution is 2.40. The van der Waals surface area contributed by atoms with Gasteiger partial charge in [-0.3, -0.25) is 0 Å². The smallest absolute Gasteiger partial charge is 0.167 e. The molecule has 0 radical (unpaired) electrons. The molecular formula is C15H23FN2O. The van der Waals surface area contributed by atoms with E-state index in [-0.39, 0.29) is 11.3 Å². The third kappa shape index (κ3) is 2.94. The molecule has 2 rings (SSSR count). The lowest BCUT2D eigenvalue weighted by Crippen LogP contribution is -2.44. The molecule has 0 bridgehead atoms. The lowest BCUT2D eigenvalue weighted by molar-refractivity contribution is 0.269. The van der Waals surface area contributed by atoms with E-state index < -0.39 is 5.82 Å². The molecule has 0 heterocycles. The molecule has 3 nitrogen and oxygen atoms in total. The highest BCUT2D eigenvalue weighted by molar-refractivity contribution is 5.69. The average Bonchev–Trinajstić information content (AvgIpc) is 2.35. The van der Waals surface area contributed by atoms with Gasteiger partial charge in [0.2, 0.25) is 0 Å². The summed E-state index contributed by atoms with van der Waals surface area (Å²) in [7, 11) is 0. The van der Waals surface area contributed by atoms with Gasteiger partial charge in [-0.2, -0.15) is 0 Å². The largest absolute Gasteiger partial charge is 0.490 e. The Labute approximate surface area is 114 Å². The molecule has 4 heteroatoms. The first kappa shape index (κ1) is 14.0. The van der Waals surface area contributed by atoms with E-state index in [4.69, 9.17) is 10.5 Å². The fourth-order valence-electron chi connectivity index (χ4n) is 2.46. The Morgan fingerprint density at radius 3 is 2.63 bits per heavy atom. The summed E-state index contributed by atoms with van der Waals surface area (Å²) < 4.78 is 19.1. The first-order valence-corrected chi connectivity index (χ1v) is 7.10. The summed E-state index contributed by atoms with van der Waals surface area (Å²) in [6.07, 6.45) is 5.43. The Hall–Kier alpha value is -1.45. The van der Waals surface area contributed by atoms with Crippen LogP contribution in [0.5, 0.6) is 5.75 Å². The Bertz CT molecular complexity index is 439. The number of hydrogen-bond acceptors (Lipinski definition) is 3. The zero-order valence-electron chi connectivity index (χ0n) is 11.8.